The third-order valence-corrected chi connectivity index (χ3v) is 5.38. The predicted molar refractivity (Wildman–Crippen MR) is 98.0 cm³/mol. The summed E-state index contributed by atoms with van der Waals surface area (Å²) in [4.78, 5) is 4.82. The lowest BCUT2D eigenvalue weighted by Gasteiger charge is -2.11. The maximum absolute atomic E-state index is 4.82. The highest BCUT2D eigenvalue weighted by atomic mass is 15.1. The molecule has 1 fully saturated rings. The number of hydrogen-bond donors (Lipinski definition) is 0. The maximum atomic E-state index is 4.82. The number of rotatable bonds is 3. The molecule has 0 radical (unpaired) electrons. The molecule has 24 heavy (non-hydrogen) atoms. The molecule has 2 aromatic carbocycles. The van der Waals surface area contributed by atoms with Crippen LogP contribution in [0.4, 0.5) is 0 Å². The van der Waals surface area contributed by atoms with Crippen LogP contribution in [0, 0.1) is 0 Å². The molecular formula is C22H22N2. The van der Waals surface area contributed by atoms with Gasteiger partial charge in [-0.25, -0.2) is 4.98 Å². The first kappa shape index (κ1) is 14.0. The minimum atomic E-state index is 0.827. The standard InChI is InChI=1S/C22H22N2/c1-2-14-24-15-21(23-22(24)3-1)20-12-10-19(11-13-20)18-8-6-17(7-9-18)16-4-5-16/h6-13,15-16H,1-5,14H2. The molecule has 0 bridgehead atoms. The molecule has 5 rings (SSSR count). The Morgan fingerprint density at radius 3 is 2.12 bits per heavy atom. The summed E-state index contributed by atoms with van der Waals surface area (Å²) in [6.07, 6.45) is 8.61. The molecule has 2 heterocycles. The number of aryl methyl sites for hydroxylation is 2. The van der Waals surface area contributed by atoms with Crippen molar-refractivity contribution in [1.29, 1.82) is 0 Å². The molecule has 0 amide bonds. The van der Waals surface area contributed by atoms with E-state index in [0.717, 1.165) is 24.6 Å². The molecule has 0 atom stereocenters. The summed E-state index contributed by atoms with van der Waals surface area (Å²) in [5, 5.41) is 0. The number of hydrogen-bond acceptors (Lipinski definition) is 1. The van der Waals surface area contributed by atoms with Crippen LogP contribution in [0.1, 0.15) is 43.0 Å². The summed E-state index contributed by atoms with van der Waals surface area (Å²) in [5.41, 5.74) is 6.41. The second-order valence-electron chi connectivity index (χ2n) is 7.17. The van der Waals surface area contributed by atoms with Crippen molar-refractivity contribution >= 4 is 0 Å². The Kier molecular flexibility index (Phi) is 3.29. The van der Waals surface area contributed by atoms with Crippen LogP contribution >= 0.6 is 0 Å². The highest BCUT2D eigenvalue weighted by molar-refractivity contribution is 5.69. The van der Waals surface area contributed by atoms with Crippen molar-refractivity contribution < 1.29 is 0 Å². The van der Waals surface area contributed by atoms with Gasteiger partial charge in [-0.2, -0.15) is 0 Å². The lowest BCUT2D eigenvalue weighted by atomic mass is 10.0. The van der Waals surface area contributed by atoms with E-state index in [9.17, 15) is 0 Å². The van der Waals surface area contributed by atoms with Crippen LogP contribution < -0.4 is 0 Å². The maximum Gasteiger partial charge on any atom is 0.109 e. The Balaban J connectivity index is 1.41. The first-order valence-corrected chi connectivity index (χ1v) is 9.14. The molecule has 3 aromatic rings. The van der Waals surface area contributed by atoms with E-state index in [1.807, 2.05) is 0 Å². The summed E-state index contributed by atoms with van der Waals surface area (Å²) in [6, 6.07) is 18.0. The lowest BCUT2D eigenvalue weighted by molar-refractivity contribution is 0.522. The topological polar surface area (TPSA) is 17.8 Å². The number of nitrogens with zero attached hydrogens (tertiary/aromatic N) is 2. The molecule has 2 heteroatoms. The van der Waals surface area contributed by atoms with Crippen LogP contribution in [0.2, 0.25) is 0 Å². The van der Waals surface area contributed by atoms with E-state index in [0.29, 0.717) is 0 Å². The summed E-state index contributed by atoms with van der Waals surface area (Å²) < 4.78 is 2.32. The largest absolute Gasteiger partial charge is 0.334 e. The summed E-state index contributed by atoms with van der Waals surface area (Å²) in [7, 11) is 0. The molecule has 0 N–H and O–H groups in total. The van der Waals surface area contributed by atoms with Crippen molar-refractivity contribution in [2.24, 2.45) is 0 Å². The number of imidazole rings is 1. The lowest BCUT2D eigenvalue weighted by Crippen LogP contribution is -2.08. The van der Waals surface area contributed by atoms with Crippen LogP contribution in [-0.2, 0) is 13.0 Å². The molecule has 1 aromatic heterocycles. The van der Waals surface area contributed by atoms with Crippen LogP contribution in [0.3, 0.4) is 0 Å². The first-order valence-electron chi connectivity index (χ1n) is 9.14. The van der Waals surface area contributed by atoms with E-state index in [1.165, 1.54) is 53.8 Å². The molecule has 120 valence electrons. The summed E-state index contributed by atoms with van der Waals surface area (Å²) in [5.74, 6) is 2.07. The zero-order chi connectivity index (χ0) is 15.9. The summed E-state index contributed by atoms with van der Waals surface area (Å²) >= 11 is 0. The normalized spacial score (nSPS) is 16.8. The van der Waals surface area contributed by atoms with Crippen LogP contribution in [-0.4, -0.2) is 9.55 Å². The van der Waals surface area contributed by atoms with E-state index >= 15 is 0 Å². The van der Waals surface area contributed by atoms with Gasteiger partial charge in [-0.3, -0.25) is 0 Å². The van der Waals surface area contributed by atoms with E-state index < -0.39 is 0 Å². The fourth-order valence-electron chi connectivity index (χ4n) is 3.75. The van der Waals surface area contributed by atoms with Crippen molar-refractivity contribution in [3.63, 3.8) is 0 Å². The number of fused-ring (bicyclic) bond motifs is 1. The van der Waals surface area contributed by atoms with Crippen molar-refractivity contribution in [3.8, 4) is 22.4 Å². The Morgan fingerprint density at radius 2 is 1.46 bits per heavy atom. The van der Waals surface area contributed by atoms with E-state index in [-0.39, 0.29) is 0 Å². The van der Waals surface area contributed by atoms with Gasteiger partial charge in [0.1, 0.15) is 5.82 Å². The third kappa shape index (κ3) is 2.56. The van der Waals surface area contributed by atoms with Gasteiger partial charge >= 0.3 is 0 Å². The Hall–Kier alpha value is -2.35. The SMILES string of the molecule is c1cc(-c2cn3c(n2)CCCC3)ccc1-c1ccc(C2CC2)cc1. The number of aromatic nitrogens is 2. The van der Waals surface area contributed by atoms with Gasteiger partial charge in [-0.05, 0) is 48.3 Å². The minimum absolute atomic E-state index is 0.827. The molecule has 1 aliphatic heterocycles. The van der Waals surface area contributed by atoms with E-state index in [2.05, 4.69) is 59.3 Å². The van der Waals surface area contributed by atoms with Crippen molar-refractivity contribution in [2.75, 3.05) is 0 Å². The van der Waals surface area contributed by atoms with Crippen LogP contribution in [0.25, 0.3) is 22.4 Å². The van der Waals surface area contributed by atoms with Gasteiger partial charge in [0.2, 0.25) is 0 Å². The number of benzene rings is 2. The fraction of sp³-hybridized carbons (Fsp3) is 0.318. The van der Waals surface area contributed by atoms with Gasteiger partial charge in [0, 0.05) is 24.7 Å². The zero-order valence-electron chi connectivity index (χ0n) is 13.9. The highest BCUT2D eigenvalue weighted by Crippen LogP contribution is 2.40. The Labute approximate surface area is 143 Å². The highest BCUT2D eigenvalue weighted by Gasteiger charge is 2.23. The fourth-order valence-corrected chi connectivity index (χ4v) is 3.75. The molecule has 2 aliphatic rings. The van der Waals surface area contributed by atoms with Crippen LogP contribution in [0.5, 0.6) is 0 Å². The van der Waals surface area contributed by atoms with Crippen molar-refractivity contribution in [1.82, 2.24) is 9.55 Å². The van der Waals surface area contributed by atoms with Crippen molar-refractivity contribution in [2.45, 2.75) is 44.6 Å². The monoisotopic (exact) mass is 314 g/mol. The molecule has 0 unspecified atom stereocenters. The van der Waals surface area contributed by atoms with Crippen LogP contribution in [0.15, 0.2) is 54.7 Å². The van der Waals surface area contributed by atoms with E-state index in [1.54, 1.807) is 0 Å². The molecular weight excluding hydrogens is 292 g/mol. The molecule has 2 nitrogen and oxygen atoms in total. The average Bonchev–Trinajstić information content (AvgIpc) is 3.40. The van der Waals surface area contributed by atoms with Crippen molar-refractivity contribution in [3.05, 3.63) is 66.1 Å². The average molecular weight is 314 g/mol. The van der Waals surface area contributed by atoms with Gasteiger partial charge in [0.15, 0.2) is 0 Å². The molecule has 1 aliphatic carbocycles. The second-order valence-corrected chi connectivity index (χ2v) is 7.17. The van der Waals surface area contributed by atoms with Gasteiger partial charge < -0.3 is 4.57 Å². The Bertz CT molecular complexity index is 828. The molecule has 1 saturated carbocycles. The summed E-state index contributed by atoms with van der Waals surface area (Å²) in [6.45, 7) is 1.12. The van der Waals surface area contributed by atoms with Gasteiger partial charge in [-0.1, -0.05) is 48.5 Å². The third-order valence-electron chi connectivity index (χ3n) is 5.38. The van der Waals surface area contributed by atoms with Gasteiger partial charge in [0.25, 0.3) is 0 Å². The molecule has 0 saturated heterocycles. The zero-order valence-corrected chi connectivity index (χ0v) is 13.9. The molecule has 0 spiro atoms. The smallest absolute Gasteiger partial charge is 0.109 e. The second kappa shape index (κ2) is 5.62. The van der Waals surface area contributed by atoms with Gasteiger partial charge in [-0.15, -0.1) is 0 Å². The quantitative estimate of drug-likeness (QED) is 0.630. The van der Waals surface area contributed by atoms with Gasteiger partial charge in [0.05, 0.1) is 5.69 Å². The van der Waals surface area contributed by atoms with E-state index in [4.69, 9.17) is 4.98 Å². The first-order chi connectivity index (χ1) is 11.9. The predicted octanol–water partition coefficient (Wildman–Crippen LogP) is 5.43. The minimum Gasteiger partial charge on any atom is -0.334 e. The Morgan fingerprint density at radius 1 is 0.792 bits per heavy atom.